The van der Waals surface area contributed by atoms with Crippen molar-refractivity contribution in [3.05, 3.63) is 89.5 Å². The van der Waals surface area contributed by atoms with Crippen molar-refractivity contribution in [1.82, 2.24) is 19.7 Å². The maximum absolute atomic E-state index is 12.5. The SMILES string of the molecule is Cc1ccc(Cn2nc(C)c(NC(=S)Nc3ccc(S(=O)(=O)Nc4ncccn4)cc3)c2C)cc1. The molecule has 0 saturated heterocycles. The molecule has 2 aromatic carbocycles. The Labute approximate surface area is 209 Å². The molecule has 2 aromatic heterocycles. The van der Waals surface area contributed by atoms with Gasteiger partial charge in [-0.25, -0.2) is 23.1 Å². The number of aromatic nitrogens is 4. The average molecular weight is 508 g/mol. The Morgan fingerprint density at radius 1 is 0.943 bits per heavy atom. The number of thiocarbonyl (C=S) groups is 1. The summed E-state index contributed by atoms with van der Waals surface area (Å²) in [7, 11) is -3.81. The fourth-order valence-corrected chi connectivity index (χ4v) is 4.60. The molecule has 0 atom stereocenters. The molecule has 0 bridgehead atoms. The number of sulfonamides is 1. The van der Waals surface area contributed by atoms with Crippen molar-refractivity contribution >= 4 is 44.7 Å². The monoisotopic (exact) mass is 507 g/mol. The van der Waals surface area contributed by atoms with Crippen LogP contribution < -0.4 is 15.4 Å². The summed E-state index contributed by atoms with van der Waals surface area (Å²) >= 11 is 5.48. The first kappa shape index (κ1) is 24.3. The largest absolute Gasteiger partial charge is 0.332 e. The van der Waals surface area contributed by atoms with Gasteiger partial charge in [0, 0.05) is 18.1 Å². The van der Waals surface area contributed by atoms with E-state index in [1.807, 2.05) is 18.5 Å². The van der Waals surface area contributed by atoms with Gasteiger partial charge in [0.1, 0.15) is 0 Å². The number of benzene rings is 2. The Bertz CT molecular complexity index is 1430. The zero-order valence-electron chi connectivity index (χ0n) is 19.5. The molecule has 4 aromatic rings. The van der Waals surface area contributed by atoms with Crippen molar-refractivity contribution in [2.75, 3.05) is 15.4 Å². The van der Waals surface area contributed by atoms with Gasteiger partial charge in [-0.3, -0.25) is 4.68 Å². The minimum absolute atomic E-state index is 0.00810. The summed E-state index contributed by atoms with van der Waals surface area (Å²) in [6.07, 6.45) is 2.92. The Kier molecular flexibility index (Phi) is 7.08. The number of hydrogen-bond donors (Lipinski definition) is 3. The van der Waals surface area contributed by atoms with E-state index in [-0.39, 0.29) is 10.8 Å². The van der Waals surface area contributed by atoms with Gasteiger partial charge in [-0.1, -0.05) is 29.8 Å². The molecule has 11 heteroatoms. The second-order valence-corrected chi connectivity index (χ2v) is 10.1. The molecule has 9 nitrogen and oxygen atoms in total. The Balaban J connectivity index is 1.40. The lowest BCUT2D eigenvalue weighted by Crippen LogP contribution is -2.20. The van der Waals surface area contributed by atoms with Gasteiger partial charge < -0.3 is 10.6 Å². The second kappa shape index (κ2) is 10.2. The number of nitrogens with one attached hydrogen (secondary N) is 3. The molecular weight excluding hydrogens is 482 g/mol. The van der Waals surface area contributed by atoms with Crippen molar-refractivity contribution in [2.24, 2.45) is 0 Å². The number of nitrogens with zero attached hydrogens (tertiary/aromatic N) is 4. The third-order valence-electron chi connectivity index (χ3n) is 5.29. The highest BCUT2D eigenvalue weighted by molar-refractivity contribution is 7.92. The fraction of sp³-hybridized carbons (Fsp3) is 0.167. The van der Waals surface area contributed by atoms with Crippen LogP contribution in [0.2, 0.25) is 0 Å². The van der Waals surface area contributed by atoms with Crippen LogP contribution in [0.4, 0.5) is 17.3 Å². The van der Waals surface area contributed by atoms with E-state index < -0.39 is 10.0 Å². The van der Waals surface area contributed by atoms with Crippen LogP contribution in [0.15, 0.2) is 71.9 Å². The Hall–Kier alpha value is -3.83. The van der Waals surface area contributed by atoms with E-state index in [9.17, 15) is 8.42 Å². The third-order valence-corrected chi connectivity index (χ3v) is 6.84. The molecular formula is C24H25N7O2S2. The van der Waals surface area contributed by atoms with Crippen LogP contribution in [0.3, 0.4) is 0 Å². The van der Waals surface area contributed by atoms with Gasteiger partial charge in [0.2, 0.25) is 5.95 Å². The normalized spacial score (nSPS) is 11.2. The van der Waals surface area contributed by atoms with Gasteiger partial charge in [-0.2, -0.15) is 5.10 Å². The Morgan fingerprint density at radius 2 is 1.60 bits per heavy atom. The van der Waals surface area contributed by atoms with Crippen molar-refractivity contribution in [2.45, 2.75) is 32.2 Å². The second-order valence-electron chi connectivity index (χ2n) is 7.97. The molecule has 0 aliphatic rings. The lowest BCUT2D eigenvalue weighted by atomic mass is 10.1. The smallest absolute Gasteiger partial charge is 0.264 e. The minimum atomic E-state index is -3.81. The van der Waals surface area contributed by atoms with E-state index in [1.54, 1.807) is 18.2 Å². The standard InChI is InChI=1S/C24H25N7O2S2/c1-16-5-7-19(8-6-16)15-31-18(3)22(17(2)29-31)28-24(34)27-20-9-11-21(12-10-20)35(32,33)30-23-25-13-4-14-26-23/h4-14H,15H2,1-3H3,(H,25,26,30)(H2,27,28,34). The van der Waals surface area contributed by atoms with E-state index in [2.05, 4.69) is 61.6 Å². The third kappa shape index (κ3) is 6.00. The number of hydrogen-bond acceptors (Lipinski definition) is 6. The molecule has 0 spiro atoms. The highest BCUT2D eigenvalue weighted by Crippen LogP contribution is 2.22. The van der Waals surface area contributed by atoms with Gasteiger partial charge in [0.25, 0.3) is 10.0 Å². The predicted octanol–water partition coefficient (Wildman–Crippen LogP) is 4.26. The summed E-state index contributed by atoms with van der Waals surface area (Å²) in [5, 5.41) is 11.3. The molecule has 3 N–H and O–H groups in total. The minimum Gasteiger partial charge on any atom is -0.332 e. The van der Waals surface area contributed by atoms with Gasteiger partial charge >= 0.3 is 0 Å². The first-order valence-electron chi connectivity index (χ1n) is 10.8. The molecule has 0 saturated carbocycles. The lowest BCUT2D eigenvalue weighted by Gasteiger charge is -2.12. The van der Waals surface area contributed by atoms with E-state index in [4.69, 9.17) is 12.2 Å². The summed E-state index contributed by atoms with van der Waals surface area (Å²) in [6, 6.07) is 16.2. The molecule has 0 fully saturated rings. The molecule has 0 aliphatic carbocycles. The van der Waals surface area contributed by atoms with Gasteiger partial charge in [0.05, 0.1) is 28.5 Å². The highest BCUT2D eigenvalue weighted by atomic mass is 32.2. The van der Waals surface area contributed by atoms with Crippen LogP contribution in [0.1, 0.15) is 22.5 Å². The lowest BCUT2D eigenvalue weighted by molar-refractivity contribution is 0.601. The maximum atomic E-state index is 12.5. The number of aryl methyl sites for hydroxylation is 2. The van der Waals surface area contributed by atoms with Crippen LogP contribution in [-0.4, -0.2) is 33.3 Å². The first-order valence-corrected chi connectivity index (χ1v) is 12.7. The van der Waals surface area contributed by atoms with Crippen molar-refractivity contribution in [1.29, 1.82) is 0 Å². The van der Waals surface area contributed by atoms with Crippen LogP contribution in [0, 0.1) is 20.8 Å². The summed E-state index contributed by atoms with van der Waals surface area (Å²) in [5.74, 6) is 0.00810. The summed E-state index contributed by atoms with van der Waals surface area (Å²) < 4.78 is 29.4. The van der Waals surface area contributed by atoms with Gasteiger partial charge in [0.15, 0.2) is 5.11 Å². The van der Waals surface area contributed by atoms with E-state index in [0.717, 1.165) is 22.6 Å². The van der Waals surface area contributed by atoms with Gasteiger partial charge in [-0.05, 0) is 68.9 Å². The Morgan fingerprint density at radius 3 is 2.26 bits per heavy atom. The molecule has 180 valence electrons. The molecule has 0 amide bonds. The zero-order chi connectivity index (χ0) is 25.0. The van der Waals surface area contributed by atoms with Crippen LogP contribution in [0.25, 0.3) is 0 Å². The van der Waals surface area contributed by atoms with Crippen LogP contribution in [0.5, 0.6) is 0 Å². The van der Waals surface area contributed by atoms with Crippen molar-refractivity contribution in [3.8, 4) is 0 Å². The molecule has 0 radical (unpaired) electrons. The molecule has 35 heavy (non-hydrogen) atoms. The van der Waals surface area contributed by atoms with Gasteiger partial charge in [-0.15, -0.1) is 0 Å². The van der Waals surface area contributed by atoms with Crippen molar-refractivity contribution < 1.29 is 8.42 Å². The molecule has 0 unspecified atom stereocenters. The summed E-state index contributed by atoms with van der Waals surface area (Å²) in [4.78, 5) is 7.85. The fourth-order valence-electron chi connectivity index (χ4n) is 3.42. The summed E-state index contributed by atoms with van der Waals surface area (Å²) in [6.45, 7) is 6.63. The average Bonchev–Trinajstić information content (AvgIpc) is 3.08. The van der Waals surface area contributed by atoms with E-state index in [1.165, 1.54) is 30.1 Å². The first-order chi connectivity index (χ1) is 16.7. The topological polar surface area (TPSA) is 114 Å². The molecule has 4 rings (SSSR count). The van der Waals surface area contributed by atoms with Crippen molar-refractivity contribution in [3.63, 3.8) is 0 Å². The predicted molar refractivity (Wildman–Crippen MR) is 141 cm³/mol. The highest BCUT2D eigenvalue weighted by Gasteiger charge is 2.16. The van der Waals surface area contributed by atoms with E-state index in [0.29, 0.717) is 17.3 Å². The molecule has 2 heterocycles. The van der Waals surface area contributed by atoms with Crippen LogP contribution >= 0.6 is 12.2 Å². The van der Waals surface area contributed by atoms with E-state index >= 15 is 0 Å². The number of rotatable bonds is 7. The van der Waals surface area contributed by atoms with Crippen LogP contribution in [-0.2, 0) is 16.6 Å². The number of anilines is 3. The zero-order valence-corrected chi connectivity index (χ0v) is 21.1. The molecule has 0 aliphatic heterocycles. The maximum Gasteiger partial charge on any atom is 0.264 e. The quantitative estimate of drug-likeness (QED) is 0.318. The summed E-state index contributed by atoms with van der Waals surface area (Å²) in [5.41, 5.74) is 5.64.